The van der Waals surface area contributed by atoms with Gasteiger partial charge in [-0.25, -0.2) is 14.1 Å². The third kappa shape index (κ3) is 2.05. The highest BCUT2D eigenvalue weighted by molar-refractivity contribution is 6.21. The highest BCUT2D eigenvalue weighted by atomic mass is 19.4. The summed E-state index contributed by atoms with van der Waals surface area (Å²) in [6, 6.07) is 0.844. The minimum absolute atomic E-state index is 0.256. The third-order valence-electron chi connectivity index (χ3n) is 3.71. The maximum absolute atomic E-state index is 13.3. The molecule has 2 saturated heterocycles. The predicted molar refractivity (Wildman–Crippen MR) is 64.0 cm³/mol. The van der Waals surface area contributed by atoms with Crippen molar-refractivity contribution in [3.8, 4) is 0 Å². The molecule has 0 aliphatic carbocycles. The maximum atomic E-state index is 13.3. The molecule has 0 spiro atoms. The van der Waals surface area contributed by atoms with E-state index < -0.39 is 35.5 Å². The molecule has 1 unspecified atom stereocenters. The van der Waals surface area contributed by atoms with E-state index >= 15 is 0 Å². The summed E-state index contributed by atoms with van der Waals surface area (Å²) in [5.41, 5.74) is -1.75. The Bertz CT molecular complexity index is 607. The van der Waals surface area contributed by atoms with E-state index in [1.165, 1.54) is 4.90 Å². The molecule has 112 valence electrons. The predicted octanol–water partition coefficient (Wildman–Crippen LogP) is 2.78. The van der Waals surface area contributed by atoms with Crippen LogP contribution in [-0.2, 0) is 11.0 Å². The van der Waals surface area contributed by atoms with Crippen LogP contribution in [0, 0.1) is 5.82 Å². The second-order valence-corrected chi connectivity index (χ2v) is 4.97. The third-order valence-corrected chi connectivity index (χ3v) is 3.71. The quantitative estimate of drug-likeness (QED) is 0.591. The van der Waals surface area contributed by atoms with Crippen LogP contribution in [0.15, 0.2) is 18.2 Å². The lowest BCUT2D eigenvalue weighted by Crippen LogP contribution is -2.33. The van der Waals surface area contributed by atoms with Gasteiger partial charge in [-0.1, -0.05) is 0 Å². The second-order valence-electron chi connectivity index (χ2n) is 4.97. The summed E-state index contributed by atoms with van der Waals surface area (Å²) in [6.45, 7) is 0.402. The van der Waals surface area contributed by atoms with Gasteiger partial charge in [-0.2, -0.15) is 13.2 Å². The van der Waals surface area contributed by atoms with Crippen molar-refractivity contribution in [3.05, 3.63) is 29.6 Å². The van der Waals surface area contributed by atoms with Crippen molar-refractivity contribution in [2.45, 2.75) is 25.1 Å². The molecule has 0 aromatic heterocycles. The van der Waals surface area contributed by atoms with Crippen molar-refractivity contribution in [1.82, 2.24) is 4.90 Å². The number of alkyl halides is 3. The van der Waals surface area contributed by atoms with Crippen molar-refractivity contribution >= 4 is 17.6 Å². The van der Waals surface area contributed by atoms with Gasteiger partial charge in [0.1, 0.15) is 11.9 Å². The molecule has 21 heavy (non-hydrogen) atoms. The monoisotopic (exact) mass is 302 g/mol. The molecule has 2 fully saturated rings. The van der Waals surface area contributed by atoms with Crippen molar-refractivity contribution in [2.24, 2.45) is 0 Å². The zero-order valence-electron chi connectivity index (χ0n) is 10.7. The number of nitrogens with zero attached hydrogens (tertiary/aromatic N) is 2. The Morgan fingerprint density at radius 2 is 1.90 bits per heavy atom. The minimum Gasteiger partial charge on any atom is -0.312 e. The first-order valence-electron chi connectivity index (χ1n) is 6.32. The van der Waals surface area contributed by atoms with Gasteiger partial charge in [0.2, 0.25) is 0 Å². The number of hydrogen-bond donors (Lipinski definition) is 0. The Morgan fingerprint density at radius 3 is 2.52 bits per heavy atom. The minimum atomic E-state index is -4.89. The van der Waals surface area contributed by atoms with Gasteiger partial charge in [-0.05, 0) is 31.0 Å². The van der Waals surface area contributed by atoms with E-state index in [0.29, 0.717) is 36.4 Å². The number of rotatable bonds is 1. The molecular formula is C13H10F4N2O2. The summed E-state index contributed by atoms with van der Waals surface area (Å²) < 4.78 is 51.4. The summed E-state index contributed by atoms with van der Waals surface area (Å²) in [4.78, 5) is 26.3. The number of carbonyl (C=O) groups excluding carboxylic acids is 2. The van der Waals surface area contributed by atoms with E-state index in [-0.39, 0.29) is 5.69 Å². The Morgan fingerprint density at radius 1 is 1.19 bits per heavy atom. The molecule has 0 N–H and O–H groups in total. The first-order chi connectivity index (χ1) is 9.80. The van der Waals surface area contributed by atoms with Gasteiger partial charge < -0.3 is 4.90 Å². The van der Waals surface area contributed by atoms with Crippen LogP contribution < -0.4 is 4.90 Å². The van der Waals surface area contributed by atoms with Crippen LogP contribution in [0.3, 0.4) is 0 Å². The molecule has 0 bridgehead atoms. The highest BCUT2D eigenvalue weighted by Crippen LogP contribution is 2.36. The highest BCUT2D eigenvalue weighted by Gasteiger charge is 2.48. The van der Waals surface area contributed by atoms with Crippen LogP contribution in [0.5, 0.6) is 0 Å². The SMILES string of the molecule is O=C1C2CCCN2C(=O)N1c1ccc(F)c(C(F)(F)F)c1. The molecule has 2 heterocycles. The first kappa shape index (κ1) is 13.8. The largest absolute Gasteiger partial charge is 0.419 e. The fourth-order valence-electron chi connectivity index (χ4n) is 2.73. The number of amides is 3. The summed E-state index contributed by atoms with van der Waals surface area (Å²) in [5.74, 6) is -2.00. The molecule has 0 radical (unpaired) electrons. The molecule has 1 atom stereocenters. The van der Waals surface area contributed by atoms with E-state index in [4.69, 9.17) is 0 Å². The van der Waals surface area contributed by atoms with Crippen LogP contribution in [0.1, 0.15) is 18.4 Å². The molecule has 2 aliphatic rings. The molecule has 1 aromatic rings. The van der Waals surface area contributed by atoms with Gasteiger partial charge in [-0.15, -0.1) is 0 Å². The first-order valence-corrected chi connectivity index (χ1v) is 6.32. The van der Waals surface area contributed by atoms with Gasteiger partial charge >= 0.3 is 12.2 Å². The summed E-state index contributed by atoms with van der Waals surface area (Å²) in [5, 5.41) is 0. The Kier molecular flexibility index (Phi) is 2.93. The topological polar surface area (TPSA) is 40.6 Å². The average molecular weight is 302 g/mol. The van der Waals surface area contributed by atoms with Crippen LogP contribution in [0.2, 0.25) is 0 Å². The lowest BCUT2D eigenvalue weighted by atomic mass is 10.1. The fraction of sp³-hybridized carbons (Fsp3) is 0.385. The van der Waals surface area contributed by atoms with Crippen LogP contribution in [0.4, 0.5) is 28.0 Å². The number of halogens is 4. The zero-order valence-corrected chi connectivity index (χ0v) is 10.7. The van der Waals surface area contributed by atoms with Gasteiger partial charge in [0.25, 0.3) is 5.91 Å². The molecule has 3 rings (SSSR count). The average Bonchev–Trinajstić information content (AvgIpc) is 2.95. The maximum Gasteiger partial charge on any atom is 0.419 e. The van der Waals surface area contributed by atoms with E-state index in [1.807, 2.05) is 0 Å². The molecule has 4 nitrogen and oxygen atoms in total. The molecule has 0 saturated carbocycles. The van der Waals surface area contributed by atoms with Crippen molar-refractivity contribution < 1.29 is 27.2 Å². The van der Waals surface area contributed by atoms with Gasteiger partial charge in [-0.3, -0.25) is 4.79 Å². The van der Waals surface area contributed by atoms with Crippen LogP contribution >= 0.6 is 0 Å². The lowest BCUT2D eigenvalue weighted by molar-refractivity contribution is -0.140. The number of anilines is 1. The number of fused-ring (bicyclic) bond motifs is 1. The standard InChI is InChI=1S/C13H10F4N2O2/c14-9-4-3-7(6-8(9)13(15,16)17)19-11(20)10-2-1-5-18(10)12(19)21/h3-4,6,10H,1-2,5H2. The van der Waals surface area contributed by atoms with Crippen molar-refractivity contribution in [1.29, 1.82) is 0 Å². The van der Waals surface area contributed by atoms with Gasteiger partial charge in [0.15, 0.2) is 0 Å². The van der Waals surface area contributed by atoms with Gasteiger partial charge in [0.05, 0.1) is 11.3 Å². The molecule has 8 heteroatoms. The van der Waals surface area contributed by atoms with Crippen molar-refractivity contribution in [3.63, 3.8) is 0 Å². The smallest absolute Gasteiger partial charge is 0.312 e. The molecule has 1 aromatic carbocycles. The zero-order chi connectivity index (χ0) is 15.4. The van der Waals surface area contributed by atoms with Crippen molar-refractivity contribution in [2.75, 3.05) is 11.4 Å². The Balaban J connectivity index is 2.02. The number of carbonyl (C=O) groups is 2. The van der Waals surface area contributed by atoms with E-state index in [0.717, 1.165) is 6.07 Å². The lowest BCUT2D eigenvalue weighted by Gasteiger charge is -2.17. The van der Waals surface area contributed by atoms with E-state index in [1.54, 1.807) is 0 Å². The number of hydrogen-bond acceptors (Lipinski definition) is 2. The Hall–Kier alpha value is -2.12. The molecular weight excluding hydrogens is 292 g/mol. The van der Waals surface area contributed by atoms with Crippen LogP contribution in [-0.4, -0.2) is 29.4 Å². The Labute approximate surface area is 116 Å². The summed E-state index contributed by atoms with van der Waals surface area (Å²) in [6.07, 6.45) is -3.70. The normalized spacial score (nSPS) is 22.2. The van der Waals surface area contributed by atoms with Crippen LogP contribution in [0.25, 0.3) is 0 Å². The molecule has 3 amide bonds. The summed E-state index contributed by atoms with van der Waals surface area (Å²) >= 11 is 0. The van der Waals surface area contributed by atoms with Gasteiger partial charge in [0, 0.05) is 6.54 Å². The second kappa shape index (κ2) is 4.44. The van der Waals surface area contributed by atoms with E-state index in [9.17, 15) is 27.2 Å². The number of urea groups is 1. The van der Waals surface area contributed by atoms with E-state index in [2.05, 4.69) is 0 Å². The molecule has 2 aliphatic heterocycles. The number of benzene rings is 1. The number of imide groups is 1. The fourth-order valence-corrected chi connectivity index (χ4v) is 2.73. The summed E-state index contributed by atoms with van der Waals surface area (Å²) in [7, 11) is 0.